The van der Waals surface area contributed by atoms with Crippen LogP contribution in [0.25, 0.3) is 0 Å². The van der Waals surface area contributed by atoms with Gasteiger partial charge in [0.2, 0.25) is 21.8 Å². The van der Waals surface area contributed by atoms with Gasteiger partial charge < -0.3 is 10.6 Å². The molecule has 0 saturated heterocycles. The van der Waals surface area contributed by atoms with Crippen LogP contribution < -0.4 is 15.4 Å². The van der Waals surface area contributed by atoms with E-state index in [4.69, 9.17) is 0 Å². The van der Waals surface area contributed by atoms with E-state index < -0.39 is 10.0 Å². The maximum atomic E-state index is 12.4. The molecule has 7 nitrogen and oxygen atoms in total. The number of carbonyl (C=O) groups excluding carboxylic acids is 2. The summed E-state index contributed by atoms with van der Waals surface area (Å²) in [5.74, 6) is -0.416. The molecule has 0 aliphatic heterocycles. The van der Waals surface area contributed by atoms with Crippen LogP contribution in [-0.4, -0.2) is 26.8 Å². The van der Waals surface area contributed by atoms with Gasteiger partial charge >= 0.3 is 0 Å². The van der Waals surface area contributed by atoms with Gasteiger partial charge in [-0.05, 0) is 40.8 Å². The first-order chi connectivity index (χ1) is 14.9. The minimum absolute atomic E-state index is 0.00929. The fourth-order valence-corrected chi connectivity index (χ4v) is 3.83. The predicted molar refractivity (Wildman–Crippen MR) is 127 cm³/mol. The monoisotopic (exact) mass is 459 g/mol. The van der Waals surface area contributed by atoms with E-state index in [0.29, 0.717) is 12.2 Å². The molecule has 2 amide bonds. The van der Waals surface area contributed by atoms with Gasteiger partial charge in [-0.1, -0.05) is 58.9 Å². The Morgan fingerprint density at radius 2 is 1.53 bits per heavy atom. The highest BCUT2D eigenvalue weighted by Crippen LogP contribution is 2.23. The minimum atomic E-state index is -3.67. The molecule has 0 unspecified atom stereocenters. The molecule has 0 aliphatic carbocycles. The average Bonchev–Trinajstić information content (AvgIpc) is 2.72. The maximum Gasteiger partial charge on any atom is 0.240 e. The van der Waals surface area contributed by atoms with Crippen molar-refractivity contribution in [3.63, 3.8) is 0 Å². The van der Waals surface area contributed by atoms with Crippen LogP contribution in [0.2, 0.25) is 0 Å². The van der Waals surface area contributed by atoms with Crippen LogP contribution in [0.1, 0.15) is 52.2 Å². The van der Waals surface area contributed by atoms with Crippen molar-refractivity contribution >= 4 is 27.5 Å². The number of hydrogen-bond acceptors (Lipinski definition) is 4. The zero-order valence-corrected chi connectivity index (χ0v) is 20.2. The van der Waals surface area contributed by atoms with Crippen molar-refractivity contribution < 1.29 is 18.0 Å². The van der Waals surface area contributed by atoms with Gasteiger partial charge in [-0.3, -0.25) is 9.59 Å². The Kier molecular flexibility index (Phi) is 8.58. The molecule has 0 heterocycles. The number of nitrogens with one attached hydrogen (secondary N) is 3. The Hall–Kier alpha value is -2.71. The fraction of sp³-hybridized carbons (Fsp3) is 0.417. The number of amides is 2. The summed E-state index contributed by atoms with van der Waals surface area (Å²) < 4.78 is 27.3. The second-order valence-corrected chi connectivity index (χ2v) is 10.8. The lowest BCUT2D eigenvalue weighted by Crippen LogP contribution is -2.30. The molecule has 174 valence electrons. The highest BCUT2D eigenvalue weighted by atomic mass is 32.2. The van der Waals surface area contributed by atoms with Gasteiger partial charge in [0.05, 0.1) is 4.90 Å². The van der Waals surface area contributed by atoms with Crippen molar-refractivity contribution in [2.45, 2.75) is 57.9 Å². The second-order valence-electron chi connectivity index (χ2n) is 9.04. The molecule has 0 spiro atoms. The minimum Gasteiger partial charge on any atom is -0.352 e. The first-order valence-electron chi connectivity index (χ1n) is 10.7. The molecule has 0 fully saturated rings. The van der Waals surface area contributed by atoms with Crippen LogP contribution in [0, 0.1) is 5.92 Å². The Labute approximate surface area is 191 Å². The molecule has 0 aromatic heterocycles. The van der Waals surface area contributed by atoms with Crippen molar-refractivity contribution in [3.05, 3.63) is 59.7 Å². The summed E-state index contributed by atoms with van der Waals surface area (Å²) in [4.78, 5) is 24.0. The molecule has 0 atom stereocenters. The third kappa shape index (κ3) is 7.76. The van der Waals surface area contributed by atoms with Gasteiger partial charge in [0.25, 0.3) is 0 Å². The van der Waals surface area contributed by atoms with E-state index in [0.717, 1.165) is 11.1 Å². The van der Waals surface area contributed by atoms with Crippen LogP contribution in [-0.2, 0) is 31.6 Å². The number of sulfonamides is 1. The van der Waals surface area contributed by atoms with Gasteiger partial charge in [0, 0.05) is 31.1 Å². The van der Waals surface area contributed by atoms with Gasteiger partial charge in [-0.2, -0.15) is 0 Å². The molecule has 0 saturated carbocycles. The third-order valence-corrected chi connectivity index (χ3v) is 6.39. The number of benzene rings is 2. The lowest BCUT2D eigenvalue weighted by Gasteiger charge is -2.19. The molecule has 8 heteroatoms. The van der Waals surface area contributed by atoms with Gasteiger partial charge in [-0.25, -0.2) is 13.1 Å². The Morgan fingerprint density at radius 1 is 0.938 bits per heavy atom. The van der Waals surface area contributed by atoms with Gasteiger partial charge in [-0.15, -0.1) is 0 Å². The smallest absolute Gasteiger partial charge is 0.240 e. The van der Waals surface area contributed by atoms with Crippen LogP contribution >= 0.6 is 0 Å². The first-order valence-corrected chi connectivity index (χ1v) is 12.1. The Balaban J connectivity index is 1.79. The maximum absolute atomic E-state index is 12.4. The lowest BCUT2D eigenvalue weighted by molar-refractivity contribution is -0.121. The normalized spacial score (nSPS) is 11.9. The summed E-state index contributed by atoms with van der Waals surface area (Å²) in [5.41, 5.74) is 2.56. The van der Waals surface area contributed by atoms with Gasteiger partial charge in [0.1, 0.15) is 0 Å². The lowest BCUT2D eigenvalue weighted by atomic mass is 9.87. The van der Waals surface area contributed by atoms with Crippen molar-refractivity contribution in [1.29, 1.82) is 0 Å². The zero-order chi connectivity index (χ0) is 23.9. The summed E-state index contributed by atoms with van der Waals surface area (Å²) in [5, 5.41) is 5.57. The van der Waals surface area contributed by atoms with Crippen LogP contribution in [0.15, 0.2) is 53.4 Å². The largest absolute Gasteiger partial charge is 0.352 e. The number of carbonyl (C=O) groups is 2. The third-order valence-electron chi connectivity index (χ3n) is 4.91. The number of hydrogen-bond donors (Lipinski definition) is 3. The highest BCUT2D eigenvalue weighted by molar-refractivity contribution is 7.89. The predicted octanol–water partition coefficient (Wildman–Crippen LogP) is 3.56. The number of anilines is 1. The molecule has 32 heavy (non-hydrogen) atoms. The summed E-state index contributed by atoms with van der Waals surface area (Å²) in [6, 6.07) is 14.0. The Bertz CT molecular complexity index is 1020. The van der Waals surface area contributed by atoms with Gasteiger partial charge in [0.15, 0.2) is 0 Å². The summed E-state index contributed by atoms with van der Waals surface area (Å²) in [6.45, 7) is 10.2. The first kappa shape index (κ1) is 25.5. The second kappa shape index (κ2) is 10.7. The van der Waals surface area contributed by atoms with E-state index in [-0.39, 0.29) is 41.0 Å². The zero-order valence-electron chi connectivity index (χ0n) is 19.4. The molecule has 2 aromatic carbocycles. The van der Waals surface area contributed by atoms with Crippen LogP contribution in [0.5, 0.6) is 0 Å². The topological polar surface area (TPSA) is 104 Å². The summed E-state index contributed by atoms with van der Waals surface area (Å²) in [7, 11) is -3.67. The van der Waals surface area contributed by atoms with E-state index in [1.165, 1.54) is 0 Å². The van der Waals surface area contributed by atoms with Crippen molar-refractivity contribution in [1.82, 2.24) is 10.0 Å². The average molecular weight is 460 g/mol. The molecular weight excluding hydrogens is 426 g/mol. The molecule has 0 bridgehead atoms. The quantitative estimate of drug-likeness (QED) is 0.533. The highest BCUT2D eigenvalue weighted by Gasteiger charge is 2.17. The Morgan fingerprint density at radius 3 is 2.06 bits per heavy atom. The van der Waals surface area contributed by atoms with E-state index in [9.17, 15) is 18.0 Å². The molecular formula is C24H33N3O4S. The molecule has 0 radical (unpaired) electrons. The molecule has 3 N–H and O–H groups in total. The van der Waals surface area contributed by atoms with Crippen molar-refractivity contribution in [2.24, 2.45) is 5.92 Å². The van der Waals surface area contributed by atoms with Crippen molar-refractivity contribution in [3.8, 4) is 0 Å². The fourth-order valence-electron chi connectivity index (χ4n) is 2.80. The summed E-state index contributed by atoms with van der Waals surface area (Å²) in [6.07, 6.45) is 0.0296. The summed E-state index contributed by atoms with van der Waals surface area (Å²) >= 11 is 0. The van der Waals surface area contributed by atoms with Crippen LogP contribution in [0.3, 0.4) is 0 Å². The van der Waals surface area contributed by atoms with E-state index in [2.05, 4.69) is 36.1 Å². The van der Waals surface area contributed by atoms with E-state index in [1.54, 1.807) is 36.4 Å². The molecule has 2 aromatic rings. The van der Waals surface area contributed by atoms with Crippen molar-refractivity contribution in [2.75, 3.05) is 11.9 Å². The molecule has 2 rings (SSSR count). The SMILES string of the molecule is CC(C)C(=O)Nc1ccc(CNC(=O)CCNS(=O)(=O)c2ccc(C(C)(C)C)cc2)cc1. The number of rotatable bonds is 9. The van der Waals surface area contributed by atoms with E-state index >= 15 is 0 Å². The standard InChI is InChI=1S/C24H33N3O4S/c1-17(2)23(29)27-20-10-6-18(7-11-20)16-25-22(28)14-15-26-32(30,31)21-12-8-19(9-13-21)24(3,4)5/h6-13,17,26H,14-16H2,1-5H3,(H,25,28)(H,27,29). The van der Waals surface area contributed by atoms with Crippen LogP contribution in [0.4, 0.5) is 5.69 Å². The molecule has 0 aliphatic rings. The van der Waals surface area contributed by atoms with E-state index in [1.807, 2.05) is 26.0 Å².